The smallest absolute Gasteiger partial charge is 0.417 e. The maximum Gasteiger partial charge on any atom is 0.417 e. The van der Waals surface area contributed by atoms with Crippen molar-refractivity contribution < 1.29 is 32.2 Å². The Morgan fingerprint density at radius 2 is 2.03 bits per heavy atom. The van der Waals surface area contributed by atoms with Gasteiger partial charge in [-0.2, -0.15) is 13.2 Å². The van der Waals surface area contributed by atoms with Gasteiger partial charge >= 0.3 is 12.3 Å². The van der Waals surface area contributed by atoms with Crippen LogP contribution in [-0.4, -0.2) is 63.0 Å². The molecule has 1 atom stereocenters. The molecular weight excluding hydrogens is 449 g/mol. The first-order chi connectivity index (χ1) is 15.1. The summed E-state index contributed by atoms with van der Waals surface area (Å²) in [6.07, 6.45) is -4.50. The number of ether oxygens (including phenoxy) is 2. The maximum atomic E-state index is 13.7. The lowest BCUT2D eigenvalue weighted by Crippen LogP contribution is -2.45. The van der Waals surface area contributed by atoms with Crippen molar-refractivity contribution in [3.8, 4) is 0 Å². The Morgan fingerprint density at radius 1 is 1.34 bits per heavy atom. The highest BCUT2D eigenvalue weighted by Crippen LogP contribution is 2.40. The largest absolute Gasteiger partial charge is 0.444 e. The van der Waals surface area contributed by atoms with Gasteiger partial charge in [0, 0.05) is 38.7 Å². The van der Waals surface area contributed by atoms with Gasteiger partial charge in [0.2, 0.25) is 0 Å². The van der Waals surface area contributed by atoms with Crippen LogP contribution in [0.5, 0.6) is 0 Å². The molecule has 0 aromatic carbocycles. The van der Waals surface area contributed by atoms with Crippen molar-refractivity contribution in [2.75, 3.05) is 38.8 Å². The normalized spacial score (nSPS) is 16.1. The number of alkyl carbamates (subject to hydrolysis) is 1. The average molecular weight is 475 g/mol. The molecule has 2 aromatic rings. The van der Waals surface area contributed by atoms with E-state index in [9.17, 15) is 22.8 Å². The standard InChI is InChI=1S/C20H25F3N4O4S/c1-11(9-30-3)31-19(29)25-12-4-6-27(7-5-12)15-8-14(20(21,22)23)17-16(26-15)13(10-32-17)18(28)24-2/h8,10-12H,4-7,9H2,1-3H3,(H,24,28)(H,25,29). The van der Waals surface area contributed by atoms with Crippen LogP contribution >= 0.6 is 11.3 Å². The van der Waals surface area contributed by atoms with Crippen molar-refractivity contribution >= 4 is 39.4 Å². The molecule has 12 heteroatoms. The van der Waals surface area contributed by atoms with Crippen molar-refractivity contribution in [2.24, 2.45) is 0 Å². The molecule has 8 nitrogen and oxygen atoms in total. The van der Waals surface area contributed by atoms with Crippen molar-refractivity contribution in [1.82, 2.24) is 15.6 Å². The molecule has 2 amide bonds. The number of alkyl halides is 3. The molecule has 0 saturated carbocycles. The Hall–Kier alpha value is -2.60. The van der Waals surface area contributed by atoms with Crippen LogP contribution in [0.4, 0.5) is 23.8 Å². The molecule has 176 valence electrons. The molecule has 2 aromatic heterocycles. The number of rotatable bonds is 6. The van der Waals surface area contributed by atoms with E-state index in [-0.39, 0.29) is 34.2 Å². The molecule has 1 aliphatic rings. The number of amides is 2. The van der Waals surface area contributed by atoms with Crippen molar-refractivity contribution in [1.29, 1.82) is 0 Å². The van der Waals surface area contributed by atoms with Gasteiger partial charge in [0.25, 0.3) is 5.91 Å². The molecule has 3 rings (SSSR count). The number of nitrogens with one attached hydrogen (secondary N) is 2. The first kappa shape index (κ1) is 24.1. The number of carbonyl (C=O) groups excluding carboxylic acids is 2. The number of thiophene rings is 1. The molecule has 0 aliphatic carbocycles. The molecule has 0 radical (unpaired) electrons. The highest BCUT2D eigenvalue weighted by Gasteiger charge is 2.36. The quantitative estimate of drug-likeness (QED) is 0.667. The summed E-state index contributed by atoms with van der Waals surface area (Å²) in [4.78, 5) is 30.2. The second kappa shape index (κ2) is 9.90. The van der Waals surface area contributed by atoms with Crippen LogP contribution in [-0.2, 0) is 15.7 Å². The Bertz CT molecular complexity index is 974. The highest BCUT2D eigenvalue weighted by atomic mass is 32.1. The fourth-order valence-electron chi connectivity index (χ4n) is 3.57. The third kappa shape index (κ3) is 5.41. The van der Waals surface area contributed by atoms with E-state index in [1.54, 1.807) is 11.8 Å². The summed E-state index contributed by atoms with van der Waals surface area (Å²) in [6.45, 7) is 2.78. The minimum absolute atomic E-state index is 0.0372. The van der Waals surface area contributed by atoms with Crippen LogP contribution < -0.4 is 15.5 Å². The monoisotopic (exact) mass is 474 g/mol. The maximum absolute atomic E-state index is 13.7. The van der Waals surface area contributed by atoms with Gasteiger partial charge in [-0.05, 0) is 25.8 Å². The van der Waals surface area contributed by atoms with E-state index in [4.69, 9.17) is 9.47 Å². The molecule has 0 bridgehead atoms. The molecule has 1 saturated heterocycles. The fraction of sp³-hybridized carbons (Fsp3) is 0.550. The van der Waals surface area contributed by atoms with Gasteiger partial charge in [0.1, 0.15) is 11.9 Å². The van der Waals surface area contributed by atoms with Gasteiger partial charge in [-0.15, -0.1) is 11.3 Å². The lowest BCUT2D eigenvalue weighted by molar-refractivity contribution is -0.136. The third-order valence-electron chi connectivity index (χ3n) is 5.14. The van der Waals surface area contributed by atoms with Gasteiger partial charge < -0.3 is 25.0 Å². The van der Waals surface area contributed by atoms with E-state index in [1.165, 1.54) is 19.5 Å². The van der Waals surface area contributed by atoms with Crippen LogP contribution in [0.1, 0.15) is 35.7 Å². The topological polar surface area (TPSA) is 92.8 Å². The van der Waals surface area contributed by atoms with E-state index < -0.39 is 29.8 Å². The van der Waals surface area contributed by atoms with Crippen LogP contribution in [0, 0.1) is 0 Å². The predicted octanol–water partition coefficient (Wildman–Crippen LogP) is 3.40. The number of carbonyl (C=O) groups is 2. The number of pyridine rings is 1. The zero-order valence-electron chi connectivity index (χ0n) is 17.9. The molecule has 1 unspecified atom stereocenters. The van der Waals surface area contributed by atoms with E-state index in [0.717, 1.165) is 17.4 Å². The number of fused-ring (bicyclic) bond motifs is 1. The minimum Gasteiger partial charge on any atom is -0.444 e. The van der Waals surface area contributed by atoms with E-state index >= 15 is 0 Å². The first-order valence-corrected chi connectivity index (χ1v) is 10.9. The number of hydrogen-bond acceptors (Lipinski definition) is 7. The molecule has 1 fully saturated rings. The average Bonchev–Trinajstić information content (AvgIpc) is 3.16. The second-order valence-corrected chi connectivity index (χ2v) is 8.39. The molecule has 1 aliphatic heterocycles. The van der Waals surface area contributed by atoms with E-state index in [0.29, 0.717) is 25.9 Å². The number of methoxy groups -OCH3 is 1. The molecule has 32 heavy (non-hydrogen) atoms. The Morgan fingerprint density at radius 3 is 2.62 bits per heavy atom. The molecule has 2 N–H and O–H groups in total. The second-order valence-electron chi connectivity index (χ2n) is 7.51. The number of piperidine rings is 1. The third-order valence-corrected chi connectivity index (χ3v) is 6.14. The summed E-state index contributed by atoms with van der Waals surface area (Å²) in [6, 6.07) is 0.864. The first-order valence-electron chi connectivity index (χ1n) is 10.1. The zero-order chi connectivity index (χ0) is 23.5. The summed E-state index contributed by atoms with van der Waals surface area (Å²) >= 11 is 0.850. The zero-order valence-corrected chi connectivity index (χ0v) is 18.7. The van der Waals surface area contributed by atoms with Crippen molar-refractivity contribution in [3.05, 3.63) is 22.6 Å². The number of anilines is 1. The van der Waals surface area contributed by atoms with Gasteiger partial charge in [-0.25, -0.2) is 9.78 Å². The minimum atomic E-state index is -4.58. The Kier molecular flexibility index (Phi) is 7.44. The fourth-order valence-corrected chi connectivity index (χ4v) is 4.59. The van der Waals surface area contributed by atoms with Gasteiger partial charge in [0.15, 0.2) is 0 Å². The molecule has 3 heterocycles. The Labute approximate surface area is 187 Å². The SMILES string of the molecule is CNC(=O)c1csc2c(C(F)(F)F)cc(N3CCC(NC(=O)OC(C)COC)CC3)nc12. The number of nitrogens with zero attached hydrogens (tertiary/aromatic N) is 2. The summed E-state index contributed by atoms with van der Waals surface area (Å²) in [5, 5.41) is 6.60. The summed E-state index contributed by atoms with van der Waals surface area (Å²) in [7, 11) is 2.93. The van der Waals surface area contributed by atoms with E-state index in [1.807, 2.05) is 0 Å². The van der Waals surface area contributed by atoms with Crippen molar-refractivity contribution in [2.45, 2.75) is 38.1 Å². The summed E-state index contributed by atoms with van der Waals surface area (Å²) in [5.41, 5.74) is -0.659. The van der Waals surface area contributed by atoms with Crippen LogP contribution in [0.3, 0.4) is 0 Å². The molecular formula is C20H25F3N4O4S. The summed E-state index contributed by atoms with van der Waals surface area (Å²) in [5.74, 6) is -0.332. The number of halogens is 3. The van der Waals surface area contributed by atoms with E-state index in [2.05, 4.69) is 15.6 Å². The Balaban J connectivity index is 1.76. The molecule has 0 spiro atoms. The number of hydrogen-bond donors (Lipinski definition) is 2. The lowest BCUT2D eigenvalue weighted by Gasteiger charge is -2.33. The van der Waals surface area contributed by atoms with Gasteiger partial charge in [0.05, 0.1) is 28.0 Å². The van der Waals surface area contributed by atoms with Crippen LogP contribution in [0.25, 0.3) is 10.2 Å². The van der Waals surface area contributed by atoms with Crippen LogP contribution in [0.2, 0.25) is 0 Å². The van der Waals surface area contributed by atoms with Gasteiger partial charge in [-0.3, -0.25) is 4.79 Å². The number of aromatic nitrogens is 1. The highest BCUT2D eigenvalue weighted by molar-refractivity contribution is 7.17. The van der Waals surface area contributed by atoms with Crippen molar-refractivity contribution in [3.63, 3.8) is 0 Å². The predicted molar refractivity (Wildman–Crippen MR) is 114 cm³/mol. The van der Waals surface area contributed by atoms with Gasteiger partial charge in [-0.1, -0.05) is 0 Å². The van der Waals surface area contributed by atoms with Crippen LogP contribution in [0.15, 0.2) is 11.4 Å². The lowest BCUT2D eigenvalue weighted by atomic mass is 10.0. The summed E-state index contributed by atoms with van der Waals surface area (Å²) < 4.78 is 51.2.